The lowest BCUT2D eigenvalue weighted by molar-refractivity contribution is -0.119. The van der Waals surface area contributed by atoms with Gasteiger partial charge in [-0.1, -0.05) is 75.5 Å². The van der Waals surface area contributed by atoms with Gasteiger partial charge in [0.15, 0.2) is 17.3 Å². The Morgan fingerprint density at radius 1 is 0.977 bits per heavy atom. The molecule has 1 unspecified atom stereocenters. The van der Waals surface area contributed by atoms with Gasteiger partial charge in [0.05, 0.1) is 24.0 Å². The zero-order chi connectivity index (χ0) is 30.6. The van der Waals surface area contributed by atoms with Crippen LogP contribution in [0, 0.1) is 5.41 Å². The van der Waals surface area contributed by atoms with Crippen molar-refractivity contribution in [3.05, 3.63) is 94.1 Å². The van der Waals surface area contributed by atoms with E-state index in [1.807, 2.05) is 78.6 Å². The van der Waals surface area contributed by atoms with Crippen molar-refractivity contribution in [1.82, 2.24) is 0 Å². The summed E-state index contributed by atoms with van der Waals surface area (Å²) in [6, 6.07) is 20.6. The Kier molecular flexibility index (Phi) is 9.46. The summed E-state index contributed by atoms with van der Waals surface area (Å²) in [7, 11) is 0. The monoisotopic (exact) mass is 600 g/mol. The molecule has 226 valence electrons. The summed E-state index contributed by atoms with van der Waals surface area (Å²) in [4.78, 5) is 30.0. The van der Waals surface area contributed by atoms with E-state index in [9.17, 15) is 9.59 Å². The lowest BCUT2D eigenvalue weighted by Gasteiger charge is -2.37. The minimum Gasteiger partial charge on any atom is -0.490 e. The lowest BCUT2D eigenvalue weighted by atomic mass is 9.73. The molecular weight excluding hydrogens is 560 g/mol. The van der Waals surface area contributed by atoms with E-state index in [2.05, 4.69) is 26.1 Å². The van der Waals surface area contributed by atoms with E-state index in [1.54, 1.807) is 0 Å². The van der Waals surface area contributed by atoms with Crippen molar-refractivity contribution in [2.75, 3.05) is 16.8 Å². The number of Topliss-reactive ketones (excluding diaryl/α,β-unsaturated/α-hetero) is 1. The molecule has 2 aliphatic rings. The van der Waals surface area contributed by atoms with Crippen LogP contribution in [-0.4, -0.2) is 18.3 Å². The van der Waals surface area contributed by atoms with Gasteiger partial charge >= 0.3 is 0 Å². The first-order valence-corrected chi connectivity index (χ1v) is 15.7. The fraction of sp³-hybridized carbons (Fsp3) is 0.389. The number of amides is 1. The summed E-state index contributed by atoms with van der Waals surface area (Å²) in [5.41, 5.74) is 4.73. The van der Waals surface area contributed by atoms with Gasteiger partial charge in [-0.05, 0) is 72.7 Å². The molecule has 1 heterocycles. The van der Waals surface area contributed by atoms with Gasteiger partial charge in [0.2, 0.25) is 5.91 Å². The number of fused-ring (bicyclic) bond motifs is 1. The van der Waals surface area contributed by atoms with E-state index in [4.69, 9.17) is 21.1 Å². The SMILES string of the molecule is CCCCCC(=O)N1c2ccccc2NC2=C(C(=O)CC(C)(C)C2)C1c1ccc(OCc2ccc(Cl)cc2)c(OCC)c1. The van der Waals surface area contributed by atoms with Gasteiger partial charge in [0.25, 0.3) is 0 Å². The highest BCUT2D eigenvalue weighted by Crippen LogP contribution is 2.49. The zero-order valence-corrected chi connectivity index (χ0v) is 26.3. The van der Waals surface area contributed by atoms with Crippen molar-refractivity contribution in [3.8, 4) is 11.5 Å². The molecule has 0 fully saturated rings. The molecule has 7 heteroatoms. The van der Waals surface area contributed by atoms with E-state index < -0.39 is 6.04 Å². The smallest absolute Gasteiger partial charge is 0.227 e. The van der Waals surface area contributed by atoms with Crippen LogP contribution in [-0.2, 0) is 16.2 Å². The molecule has 0 radical (unpaired) electrons. The number of unbranched alkanes of at least 4 members (excludes halogenated alkanes) is 2. The molecule has 0 bridgehead atoms. The molecule has 0 saturated carbocycles. The molecule has 0 aromatic heterocycles. The van der Waals surface area contributed by atoms with Crippen molar-refractivity contribution < 1.29 is 19.1 Å². The van der Waals surface area contributed by atoms with Crippen molar-refractivity contribution in [2.45, 2.75) is 78.9 Å². The Bertz CT molecular complexity index is 1510. The number of ether oxygens (including phenoxy) is 2. The third-order valence-electron chi connectivity index (χ3n) is 8.05. The van der Waals surface area contributed by atoms with Crippen molar-refractivity contribution >= 4 is 34.7 Å². The maximum atomic E-state index is 14.1. The third kappa shape index (κ3) is 6.91. The highest BCUT2D eigenvalue weighted by molar-refractivity contribution is 6.30. The van der Waals surface area contributed by atoms with Gasteiger partial charge < -0.3 is 14.8 Å². The number of rotatable bonds is 10. The van der Waals surface area contributed by atoms with E-state index in [0.717, 1.165) is 47.5 Å². The molecule has 1 aliphatic carbocycles. The number of nitrogens with one attached hydrogen (secondary N) is 1. The first kappa shape index (κ1) is 30.7. The number of carbonyl (C=O) groups is 2. The summed E-state index contributed by atoms with van der Waals surface area (Å²) >= 11 is 6.05. The van der Waals surface area contributed by atoms with Crippen LogP contribution in [0.3, 0.4) is 0 Å². The van der Waals surface area contributed by atoms with Gasteiger partial charge in [0.1, 0.15) is 6.61 Å². The summed E-state index contributed by atoms with van der Waals surface area (Å²) in [6.07, 6.45) is 4.31. The van der Waals surface area contributed by atoms with E-state index in [-0.39, 0.29) is 17.1 Å². The second-order valence-corrected chi connectivity index (χ2v) is 12.6. The summed E-state index contributed by atoms with van der Waals surface area (Å²) < 4.78 is 12.3. The topological polar surface area (TPSA) is 67.9 Å². The maximum Gasteiger partial charge on any atom is 0.227 e. The molecule has 0 saturated heterocycles. The van der Waals surface area contributed by atoms with Crippen LogP contribution in [0.1, 0.15) is 83.4 Å². The fourth-order valence-corrected chi connectivity index (χ4v) is 6.17. The number of para-hydroxylation sites is 2. The largest absolute Gasteiger partial charge is 0.490 e. The Hall–Kier alpha value is -3.77. The minimum atomic E-state index is -0.603. The lowest BCUT2D eigenvalue weighted by Crippen LogP contribution is -2.39. The molecule has 1 N–H and O–H groups in total. The van der Waals surface area contributed by atoms with Gasteiger partial charge in [-0.25, -0.2) is 0 Å². The predicted molar refractivity (Wildman–Crippen MR) is 173 cm³/mol. The molecule has 3 aromatic carbocycles. The van der Waals surface area contributed by atoms with E-state index >= 15 is 0 Å². The van der Waals surface area contributed by atoms with Crippen molar-refractivity contribution in [1.29, 1.82) is 0 Å². The average Bonchev–Trinajstić information content (AvgIpc) is 3.11. The Morgan fingerprint density at radius 2 is 1.74 bits per heavy atom. The number of carbonyl (C=O) groups excluding carboxylic acids is 2. The summed E-state index contributed by atoms with van der Waals surface area (Å²) in [5, 5.41) is 4.26. The van der Waals surface area contributed by atoms with Crippen LogP contribution in [0.2, 0.25) is 5.02 Å². The minimum absolute atomic E-state index is 0.000100. The second kappa shape index (κ2) is 13.3. The van der Waals surface area contributed by atoms with Gasteiger partial charge in [-0.3, -0.25) is 14.5 Å². The molecule has 43 heavy (non-hydrogen) atoms. The molecule has 1 atom stereocenters. The third-order valence-corrected chi connectivity index (χ3v) is 8.31. The van der Waals surface area contributed by atoms with Crippen molar-refractivity contribution in [2.24, 2.45) is 5.41 Å². The van der Waals surface area contributed by atoms with Gasteiger partial charge in [-0.15, -0.1) is 0 Å². The van der Waals surface area contributed by atoms with Gasteiger partial charge in [-0.2, -0.15) is 0 Å². The number of anilines is 2. The number of ketones is 1. The molecular formula is C36H41ClN2O4. The molecule has 1 aliphatic heterocycles. The Balaban J connectivity index is 1.62. The summed E-state index contributed by atoms with van der Waals surface area (Å²) in [5.74, 6) is 1.23. The van der Waals surface area contributed by atoms with Crippen LogP contribution in [0.5, 0.6) is 11.5 Å². The fourth-order valence-electron chi connectivity index (χ4n) is 6.05. The van der Waals surface area contributed by atoms with Crippen LogP contribution >= 0.6 is 11.6 Å². The molecule has 1 amide bonds. The number of hydrogen-bond acceptors (Lipinski definition) is 5. The standard InChI is InChI=1S/C36H41ClN2O4/c1-5-7-8-13-33(41)39-29-12-10-9-11-27(29)38-28-21-36(3,4)22-30(40)34(28)35(39)25-16-19-31(32(20-25)42-6-2)43-23-24-14-17-26(37)18-15-24/h9-12,14-20,35,38H,5-8,13,21-23H2,1-4H3. The first-order valence-electron chi connectivity index (χ1n) is 15.3. The van der Waals surface area contributed by atoms with E-state index in [0.29, 0.717) is 54.6 Å². The highest BCUT2D eigenvalue weighted by Gasteiger charge is 2.43. The van der Waals surface area contributed by atoms with E-state index in [1.165, 1.54) is 0 Å². The number of allylic oxidation sites excluding steroid dienone is 1. The second-order valence-electron chi connectivity index (χ2n) is 12.2. The highest BCUT2D eigenvalue weighted by atomic mass is 35.5. The van der Waals surface area contributed by atoms with Crippen molar-refractivity contribution in [3.63, 3.8) is 0 Å². The molecule has 5 rings (SSSR count). The average molecular weight is 601 g/mol. The van der Waals surface area contributed by atoms with Crippen LogP contribution < -0.4 is 19.7 Å². The maximum absolute atomic E-state index is 14.1. The van der Waals surface area contributed by atoms with Crippen LogP contribution in [0.15, 0.2) is 78.0 Å². The molecule has 6 nitrogen and oxygen atoms in total. The zero-order valence-electron chi connectivity index (χ0n) is 25.5. The summed E-state index contributed by atoms with van der Waals surface area (Å²) in [6.45, 7) is 9.09. The van der Waals surface area contributed by atoms with Crippen LogP contribution in [0.25, 0.3) is 0 Å². The van der Waals surface area contributed by atoms with Crippen LogP contribution in [0.4, 0.5) is 11.4 Å². The predicted octanol–water partition coefficient (Wildman–Crippen LogP) is 9.04. The molecule has 3 aromatic rings. The van der Waals surface area contributed by atoms with Gasteiger partial charge in [0, 0.05) is 29.1 Å². The Labute approximate surface area is 260 Å². The number of halogens is 1. The number of hydrogen-bond donors (Lipinski definition) is 1. The number of benzene rings is 3. The Morgan fingerprint density at radius 3 is 2.49 bits per heavy atom. The molecule has 0 spiro atoms. The normalized spacial score (nSPS) is 17.5. The number of nitrogens with zero attached hydrogens (tertiary/aromatic N) is 1. The quantitative estimate of drug-likeness (QED) is 0.235. The first-order chi connectivity index (χ1) is 20.7.